The molecule has 0 bridgehead atoms. The van der Waals surface area contributed by atoms with Crippen molar-refractivity contribution in [3.05, 3.63) is 64.9 Å². The van der Waals surface area contributed by atoms with Gasteiger partial charge in [-0.25, -0.2) is 4.21 Å². The first kappa shape index (κ1) is 30.1. The molecule has 0 aliphatic carbocycles. The van der Waals surface area contributed by atoms with Crippen LogP contribution in [0, 0.1) is 6.92 Å². The molecule has 0 spiro atoms. The molecule has 0 aliphatic rings. The van der Waals surface area contributed by atoms with Crippen LogP contribution in [-0.4, -0.2) is 28.2 Å². The number of nitrogens with zero attached hydrogens (tertiary/aromatic N) is 1. The van der Waals surface area contributed by atoms with Crippen molar-refractivity contribution in [3.8, 4) is 5.75 Å². The van der Waals surface area contributed by atoms with E-state index in [1.807, 2.05) is 97.9 Å². The molecule has 1 aromatic heterocycles. The summed E-state index contributed by atoms with van der Waals surface area (Å²) in [7, 11) is 0.0250. The Balaban J connectivity index is 0.00000145. The molecule has 35 heavy (non-hydrogen) atoms. The summed E-state index contributed by atoms with van der Waals surface area (Å²) in [4.78, 5) is 11.6. The molecule has 0 fully saturated rings. The molecule has 3 aromatic rings. The van der Waals surface area contributed by atoms with Gasteiger partial charge in [-0.15, -0.1) is 0 Å². The highest BCUT2D eigenvalue weighted by molar-refractivity contribution is 7.85. The Bertz CT molecular complexity index is 1140. The number of methoxy groups -OCH3 is 1. The number of carbonyl (C=O) groups is 1. The molecule has 3 rings (SSSR count). The van der Waals surface area contributed by atoms with E-state index in [2.05, 4.69) is 4.40 Å². The van der Waals surface area contributed by atoms with Gasteiger partial charge in [0.1, 0.15) is 34.7 Å². The van der Waals surface area contributed by atoms with Gasteiger partial charge in [0.25, 0.3) is 0 Å². The van der Waals surface area contributed by atoms with Crippen LogP contribution in [0.5, 0.6) is 5.75 Å². The normalized spacial score (nSPS) is 11.8. The van der Waals surface area contributed by atoms with Gasteiger partial charge in [0.2, 0.25) is 0 Å². The lowest BCUT2D eigenvalue weighted by Gasteiger charge is -2.12. The van der Waals surface area contributed by atoms with Crippen LogP contribution in [0.25, 0.3) is 11.0 Å². The third-order valence-electron chi connectivity index (χ3n) is 4.61. The number of aryl methyl sites for hydroxylation is 1. The topological polar surface area (TPSA) is 78.1 Å². The molecule has 7 heteroatoms. The van der Waals surface area contributed by atoms with E-state index >= 15 is 0 Å². The van der Waals surface area contributed by atoms with E-state index in [1.165, 1.54) is 13.3 Å². The Hall–Kier alpha value is -2.93. The third kappa shape index (κ3) is 8.98. The van der Waals surface area contributed by atoms with Crippen molar-refractivity contribution >= 4 is 34.1 Å². The van der Waals surface area contributed by atoms with Crippen LogP contribution in [-0.2, 0) is 33.5 Å². The molecule has 192 valence electrons. The number of carbonyl (C=O) groups excluding carboxylic acids is 1. The van der Waals surface area contributed by atoms with Crippen molar-refractivity contribution in [2.24, 2.45) is 4.40 Å². The summed E-state index contributed by atoms with van der Waals surface area (Å²) < 4.78 is 32.5. The number of benzene rings is 2. The quantitative estimate of drug-likeness (QED) is 0.258. The molecule has 0 N–H and O–H groups in total. The standard InChI is InChI=1S/C24H27NO5S.2C2H6/c1-16-10-17(15-29-21-9-7-6-8-18(21)13-22(26)28-5)11-19-12-20(30-23(16)19)14-25-31(27)24(2,3)4;2*1-2/h6-12,14H,13,15H2,1-5H3;2*1-2H3/b25-14-;;. The molecule has 0 amide bonds. The predicted molar refractivity (Wildman–Crippen MR) is 146 cm³/mol. The van der Waals surface area contributed by atoms with Gasteiger partial charge < -0.3 is 13.9 Å². The number of rotatable bonds is 7. The van der Waals surface area contributed by atoms with E-state index in [1.54, 1.807) is 0 Å². The second kappa shape index (κ2) is 14.5. The first-order chi connectivity index (χ1) is 16.7. The summed E-state index contributed by atoms with van der Waals surface area (Å²) in [6, 6.07) is 13.3. The highest BCUT2D eigenvalue weighted by Gasteiger charge is 2.18. The summed E-state index contributed by atoms with van der Waals surface area (Å²) in [5.74, 6) is 0.890. The number of ether oxygens (including phenoxy) is 2. The van der Waals surface area contributed by atoms with E-state index in [0.29, 0.717) is 18.1 Å². The van der Waals surface area contributed by atoms with Gasteiger partial charge in [-0.1, -0.05) is 45.9 Å². The maximum Gasteiger partial charge on any atom is 0.310 e. The lowest BCUT2D eigenvalue weighted by atomic mass is 10.1. The summed E-state index contributed by atoms with van der Waals surface area (Å²) >= 11 is 0. The van der Waals surface area contributed by atoms with E-state index in [4.69, 9.17) is 13.9 Å². The molecule has 1 unspecified atom stereocenters. The Kier molecular flexibility index (Phi) is 12.4. The van der Waals surface area contributed by atoms with Gasteiger partial charge in [-0.2, -0.15) is 4.40 Å². The average Bonchev–Trinajstić information content (AvgIpc) is 3.27. The highest BCUT2D eigenvalue weighted by atomic mass is 32.2. The van der Waals surface area contributed by atoms with Crippen molar-refractivity contribution in [2.45, 2.75) is 73.2 Å². The molecule has 0 radical (unpaired) electrons. The van der Waals surface area contributed by atoms with Crippen LogP contribution in [0.15, 0.2) is 51.3 Å². The van der Waals surface area contributed by atoms with Crippen molar-refractivity contribution in [1.29, 1.82) is 0 Å². The monoisotopic (exact) mass is 501 g/mol. The van der Waals surface area contributed by atoms with E-state index < -0.39 is 15.7 Å². The lowest BCUT2D eigenvalue weighted by Crippen LogP contribution is -2.19. The Morgan fingerprint density at radius 2 is 1.74 bits per heavy atom. The predicted octanol–water partition coefficient (Wildman–Crippen LogP) is 6.97. The van der Waals surface area contributed by atoms with Crippen LogP contribution in [0.2, 0.25) is 0 Å². The first-order valence-corrected chi connectivity index (χ1v) is 13.0. The maximum atomic E-state index is 12.1. The number of fused-ring (bicyclic) bond motifs is 1. The van der Waals surface area contributed by atoms with E-state index in [9.17, 15) is 9.00 Å². The minimum atomic E-state index is -1.34. The van der Waals surface area contributed by atoms with Crippen molar-refractivity contribution < 1.29 is 22.9 Å². The fourth-order valence-electron chi connectivity index (χ4n) is 3.01. The molecule has 0 aliphatic heterocycles. The summed E-state index contributed by atoms with van der Waals surface area (Å²) in [6.07, 6.45) is 1.67. The minimum Gasteiger partial charge on any atom is -0.489 e. The first-order valence-electron chi connectivity index (χ1n) is 11.9. The average molecular weight is 502 g/mol. The molecular formula is C28H39NO5S. The molecule has 0 saturated carbocycles. The number of hydrogen-bond donors (Lipinski definition) is 0. The second-order valence-electron chi connectivity index (χ2n) is 8.23. The van der Waals surface area contributed by atoms with Gasteiger partial charge in [-0.3, -0.25) is 4.79 Å². The van der Waals surface area contributed by atoms with Gasteiger partial charge in [0.05, 0.1) is 24.5 Å². The second-order valence-corrected chi connectivity index (χ2v) is 10.2. The van der Waals surface area contributed by atoms with Crippen molar-refractivity contribution in [3.63, 3.8) is 0 Å². The fourth-order valence-corrected chi connectivity index (χ4v) is 3.53. The van der Waals surface area contributed by atoms with Crippen LogP contribution >= 0.6 is 0 Å². The van der Waals surface area contributed by atoms with Gasteiger partial charge >= 0.3 is 5.97 Å². The Morgan fingerprint density at radius 3 is 2.37 bits per heavy atom. The summed E-state index contributed by atoms with van der Waals surface area (Å²) in [6.45, 7) is 15.9. The molecule has 2 aromatic carbocycles. The van der Waals surface area contributed by atoms with Crippen LogP contribution in [0.1, 0.15) is 70.9 Å². The Labute approximate surface area is 212 Å². The fraction of sp³-hybridized carbons (Fsp3) is 0.429. The zero-order valence-electron chi connectivity index (χ0n) is 22.4. The van der Waals surface area contributed by atoms with Gasteiger partial charge in [-0.05, 0) is 63.1 Å². The molecule has 1 atom stereocenters. The number of hydrogen-bond acceptors (Lipinski definition) is 5. The zero-order chi connectivity index (χ0) is 26.6. The van der Waals surface area contributed by atoms with E-state index in [-0.39, 0.29) is 12.4 Å². The van der Waals surface area contributed by atoms with Crippen molar-refractivity contribution in [2.75, 3.05) is 7.11 Å². The lowest BCUT2D eigenvalue weighted by molar-refractivity contribution is -0.139. The molecular weight excluding hydrogens is 462 g/mol. The SMILES string of the molecule is CC.CC.COC(=O)Cc1ccccc1OCc1cc(C)c2oc(/C=N\S(=O)C(C)(C)C)cc2c1. The Morgan fingerprint density at radius 1 is 1.09 bits per heavy atom. The van der Waals surface area contributed by atoms with Gasteiger partial charge in [0, 0.05) is 10.9 Å². The number of esters is 1. The van der Waals surface area contributed by atoms with Crippen LogP contribution in [0.3, 0.4) is 0 Å². The largest absolute Gasteiger partial charge is 0.489 e. The highest BCUT2D eigenvalue weighted by Crippen LogP contribution is 2.26. The smallest absolute Gasteiger partial charge is 0.310 e. The number of furan rings is 1. The number of para-hydroxylation sites is 1. The van der Waals surface area contributed by atoms with Gasteiger partial charge in [0.15, 0.2) is 0 Å². The molecule has 1 heterocycles. The third-order valence-corrected chi connectivity index (χ3v) is 5.95. The minimum absolute atomic E-state index is 0.158. The summed E-state index contributed by atoms with van der Waals surface area (Å²) in [5, 5.41) is 0.921. The zero-order valence-corrected chi connectivity index (χ0v) is 23.2. The van der Waals surface area contributed by atoms with Crippen molar-refractivity contribution in [1.82, 2.24) is 0 Å². The van der Waals surface area contributed by atoms with Crippen LogP contribution < -0.4 is 4.74 Å². The molecule has 6 nitrogen and oxygen atoms in total. The van der Waals surface area contributed by atoms with Crippen LogP contribution in [0.4, 0.5) is 0 Å². The van der Waals surface area contributed by atoms with E-state index in [0.717, 1.165) is 27.7 Å². The summed E-state index contributed by atoms with van der Waals surface area (Å²) in [5.41, 5.74) is 3.48. The molecule has 0 saturated heterocycles. The maximum absolute atomic E-state index is 12.1.